The maximum absolute atomic E-state index is 13.3. The molecule has 5 heteroatoms. The Hall–Kier alpha value is -3.13. The summed E-state index contributed by atoms with van der Waals surface area (Å²) in [7, 11) is 0. The number of rotatable bonds is 4. The molecule has 0 N–H and O–H groups in total. The van der Waals surface area contributed by atoms with Crippen LogP contribution in [0.4, 0.5) is 4.39 Å². The van der Waals surface area contributed by atoms with Crippen molar-refractivity contribution in [3.63, 3.8) is 0 Å². The van der Waals surface area contributed by atoms with Crippen molar-refractivity contribution in [1.82, 2.24) is 4.98 Å². The smallest absolute Gasteiger partial charge is 0.213 e. The Morgan fingerprint density at radius 2 is 1.71 bits per heavy atom. The molecule has 0 radical (unpaired) electrons. The van der Waals surface area contributed by atoms with Crippen molar-refractivity contribution < 1.29 is 18.8 Å². The number of hydrogen-bond acceptors (Lipinski definition) is 4. The molecule has 2 aromatic rings. The second kappa shape index (κ2) is 9.62. The highest BCUT2D eigenvalue weighted by molar-refractivity contribution is 6.10. The number of hydrogen-bond donors (Lipinski definition) is 0. The van der Waals surface area contributed by atoms with Gasteiger partial charge in [0.25, 0.3) is 0 Å². The van der Waals surface area contributed by atoms with Gasteiger partial charge in [-0.2, -0.15) is 4.39 Å². The molecule has 0 aliphatic heterocycles. The van der Waals surface area contributed by atoms with Gasteiger partial charge in [-0.05, 0) is 92.7 Å². The molecule has 0 amide bonds. The van der Waals surface area contributed by atoms with Crippen molar-refractivity contribution >= 4 is 17.3 Å². The van der Waals surface area contributed by atoms with E-state index in [1.165, 1.54) is 12.3 Å². The van der Waals surface area contributed by atoms with Crippen LogP contribution in [0.15, 0.2) is 30.5 Å². The molecule has 0 bridgehead atoms. The summed E-state index contributed by atoms with van der Waals surface area (Å²) in [6, 6.07) is 6.64. The molecule has 2 aliphatic carbocycles. The predicted molar refractivity (Wildman–Crippen MR) is 128 cm³/mol. The van der Waals surface area contributed by atoms with Crippen molar-refractivity contribution in [2.75, 3.05) is 0 Å². The monoisotopic (exact) mass is 459 g/mol. The molecule has 1 aromatic carbocycles. The lowest BCUT2D eigenvalue weighted by molar-refractivity contribution is -0.138. The van der Waals surface area contributed by atoms with Crippen LogP contribution < -0.4 is 0 Å². The van der Waals surface area contributed by atoms with E-state index >= 15 is 0 Å². The molecule has 4 rings (SSSR count). The number of benzene rings is 1. The fraction of sp³-hybridized carbons (Fsp3) is 0.448. The molecule has 2 aliphatic rings. The van der Waals surface area contributed by atoms with Crippen LogP contribution in [0.3, 0.4) is 0 Å². The van der Waals surface area contributed by atoms with Gasteiger partial charge in [0.05, 0.1) is 0 Å². The number of nitrogens with zero attached hydrogens (tertiary/aromatic N) is 1. The minimum absolute atomic E-state index is 0.0126. The number of ketones is 3. The summed E-state index contributed by atoms with van der Waals surface area (Å²) in [5, 5.41) is 0. The molecular formula is C29H30FNO3. The molecule has 0 saturated heterocycles. The highest BCUT2D eigenvalue weighted by Crippen LogP contribution is 2.50. The molecule has 1 spiro atoms. The lowest BCUT2D eigenvalue weighted by Crippen LogP contribution is -2.42. The summed E-state index contributed by atoms with van der Waals surface area (Å²) in [5.41, 5.74) is 3.68. The zero-order valence-electron chi connectivity index (χ0n) is 20.0. The van der Waals surface area contributed by atoms with Crippen molar-refractivity contribution in [3.05, 3.63) is 64.2 Å². The average Bonchev–Trinajstić information content (AvgIpc) is 2.77. The second-order valence-electron chi connectivity index (χ2n) is 10.1. The average molecular weight is 460 g/mol. The number of carbonyl (C=O) groups is 3. The van der Waals surface area contributed by atoms with Gasteiger partial charge in [-0.15, -0.1) is 5.92 Å². The SMILES string of the molecule is CC#Cc1cc(C)c(C2C(=O)CC3(CCC(CC(=O)c4ccnc(F)c4)CC3)CC2=O)c(C)c1. The third kappa shape index (κ3) is 4.87. The number of aromatic nitrogens is 1. The number of Topliss-reactive ketones (excluding diaryl/α,β-unsaturated/α-hetero) is 3. The van der Waals surface area contributed by atoms with Gasteiger partial charge in [-0.1, -0.05) is 5.92 Å². The summed E-state index contributed by atoms with van der Waals surface area (Å²) in [6.45, 7) is 5.69. The topological polar surface area (TPSA) is 64.1 Å². The lowest BCUT2D eigenvalue weighted by Gasteiger charge is -2.43. The summed E-state index contributed by atoms with van der Waals surface area (Å²) in [6.07, 6.45) is 5.62. The molecule has 2 saturated carbocycles. The van der Waals surface area contributed by atoms with Crippen molar-refractivity contribution in [2.24, 2.45) is 11.3 Å². The van der Waals surface area contributed by atoms with Crippen LogP contribution in [0, 0.1) is 43.0 Å². The van der Waals surface area contributed by atoms with Gasteiger partial charge in [0.1, 0.15) is 17.5 Å². The number of carbonyl (C=O) groups excluding carboxylic acids is 3. The van der Waals surface area contributed by atoms with E-state index in [1.807, 2.05) is 26.0 Å². The molecule has 34 heavy (non-hydrogen) atoms. The standard InChI is InChI=1S/C29H30FNO3/c1-4-5-21-12-18(2)27(19(3)13-21)28-24(33)16-29(17-25(28)34)9-6-20(7-10-29)14-23(32)22-8-11-31-26(30)15-22/h8,11-13,15,20,28H,6-7,9-10,14,16-17H2,1-3H3. The Kier molecular flexibility index (Phi) is 6.79. The lowest BCUT2D eigenvalue weighted by atomic mass is 9.59. The third-order valence-corrected chi connectivity index (χ3v) is 7.58. The summed E-state index contributed by atoms with van der Waals surface area (Å²) in [4.78, 5) is 42.7. The fourth-order valence-corrected chi connectivity index (χ4v) is 5.96. The molecule has 2 fully saturated rings. The Bertz CT molecular complexity index is 1170. The molecule has 4 nitrogen and oxygen atoms in total. The van der Waals surface area contributed by atoms with Gasteiger partial charge in [-0.25, -0.2) is 4.98 Å². The molecular weight excluding hydrogens is 429 g/mol. The van der Waals surface area contributed by atoms with Crippen molar-refractivity contribution in [3.8, 4) is 11.8 Å². The number of aryl methyl sites for hydroxylation is 2. The molecule has 1 heterocycles. The maximum Gasteiger partial charge on any atom is 0.213 e. The van der Waals surface area contributed by atoms with Crippen LogP contribution in [0.2, 0.25) is 0 Å². The van der Waals surface area contributed by atoms with Gasteiger partial charge in [0.15, 0.2) is 5.78 Å². The zero-order chi connectivity index (χ0) is 24.5. The maximum atomic E-state index is 13.3. The first kappa shape index (κ1) is 24.0. The van der Waals surface area contributed by atoms with Crippen molar-refractivity contribution in [1.29, 1.82) is 0 Å². The number of pyridine rings is 1. The quantitative estimate of drug-likeness (QED) is 0.256. The second-order valence-corrected chi connectivity index (χ2v) is 10.1. The zero-order valence-corrected chi connectivity index (χ0v) is 20.0. The minimum atomic E-state index is -0.685. The van der Waals surface area contributed by atoms with Gasteiger partial charge >= 0.3 is 0 Å². The van der Waals surface area contributed by atoms with Gasteiger partial charge in [-0.3, -0.25) is 14.4 Å². The highest BCUT2D eigenvalue weighted by Gasteiger charge is 2.47. The minimum Gasteiger partial charge on any atom is -0.299 e. The van der Waals surface area contributed by atoms with Gasteiger partial charge in [0.2, 0.25) is 5.95 Å². The van der Waals surface area contributed by atoms with E-state index in [4.69, 9.17) is 0 Å². The Labute approximate surface area is 200 Å². The summed E-state index contributed by atoms with van der Waals surface area (Å²) in [5.74, 6) is 4.74. The number of halogens is 1. The fourth-order valence-electron chi connectivity index (χ4n) is 5.96. The Balaban J connectivity index is 1.43. The Morgan fingerprint density at radius 3 is 2.26 bits per heavy atom. The summed E-state index contributed by atoms with van der Waals surface area (Å²) < 4.78 is 13.3. The third-order valence-electron chi connectivity index (χ3n) is 7.58. The van der Waals surface area contributed by atoms with Crippen LogP contribution in [0.25, 0.3) is 0 Å². The van der Waals surface area contributed by atoms with E-state index in [0.29, 0.717) is 24.8 Å². The van der Waals surface area contributed by atoms with Gasteiger partial charge < -0.3 is 0 Å². The molecule has 0 unspecified atom stereocenters. The largest absolute Gasteiger partial charge is 0.299 e. The molecule has 0 atom stereocenters. The van der Waals surface area contributed by atoms with E-state index in [-0.39, 0.29) is 28.7 Å². The van der Waals surface area contributed by atoms with Crippen LogP contribution in [0.5, 0.6) is 0 Å². The van der Waals surface area contributed by atoms with Crippen LogP contribution in [-0.2, 0) is 9.59 Å². The summed E-state index contributed by atoms with van der Waals surface area (Å²) >= 11 is 0. The molecule has 1 aromatic heterocycles. The highest BCUT2D eigenvalue weighted by atomic mass is 19.1. The van der Waals surface area contributed by atoms with Gasteiger partial charge in [0, 0.05) is 42.7 Å². The van der Waals surface area contributed by atoms with E-state index < -0.39 is 11.9 Å². The first-order valence-corrected chi connectivity index (χ1v) is 12.0. The van der Waals surface area contributed by atoms with E-state index in [2.05, 4.69) is 16.8 Å². The molecule has 176 valence electrons. The first-order chi connectivity index (χ1) is 16.2. The van der Waals surface area contributed by atoms with Crippen LogP contribution >= 0.6 is 0 Å². The first-order valence-electron chi connectivity index (χ1n) is 12.0. The van der Waals surface area contributed by atoms with E-state index in [9.17, 15) is 18.8 Å². The van der Waals surface area contributed by atoms with E-state index in [0.717, 1.165) is 47.9 Å². The van der Waals surface area contributed by atoms with Crippen LogP contribution in [0.1, 0.15) is 90.4 Å². The van der Waals surface area contributed by atoms with Crippen LogP contribution in [-0.4, -0.2) is 22.3 Å². The predicted octanol–water partition coefficient (Wildman–Crippen LogP) is 5.67. The van der Waals surface area contributed by atoms with E-state index in [1.54, 1.807) is 13.0 Å². The van der Waals surface area contributed by atoms with Crippen molar-refractivity contribution in [2.45, 2.75) is 71.6 Å². The Morgan fingerprint density at radius 1 is 1.09 bits per heavy atom. The normalized spacial score (nSPS) is 24.6.